The summed E-state index contributed by atoms with van der Waals surface area (Å²) in [4.78, 5) is 10.9. The standard InChI is InChI=1S/C15H10F4O2/c1-8-2-4-10(16)7-12(8)9-3-5-11(14(20)21)13(6-9)15(17,18)19/h2-7H,1H3,(H,20,21). The Labute approximate surface area is 117 Å². The Morgan fingerprint density at radius 1 is 1.10 bits per heavy atom. The molecule has 0 aliphatic rings. The highest BCUT2D eigenvalue weighted by atomic mass is 19.4. The van der Waals surface area contributed by atoms with Crippen molar-refractivity contribution in [1.82, 2.24) is 0 Å². The zero-order valence-electron chi connectivity index (χ0n) is 10.8. The smallest absolute Gasteiger partial charge is 0.417 e. The van der Waals surface area contributed by atoms with Gasteiger partial charge in [0.1, 0.15) is 5.82 Å². The fourth-order valence-corrected chi connectivity index (χ4v) is 2.04. The number of carbonyl (C=O) groups is 1. The van der Waals surface area contributed by atoms with Crippen LogP contribution in [0.2, 0.25) is 0 Å². The number of halogens is 4. The number of hydrogen-bond donors (Lipinski definition) is 1. The summed E-state index contributed by atoms with van der Waals surface area (Å²) in [6.07, 6.45) is -4.80. The van der Waals surface area contributed by atoms with Crippen LogP contribution in [0.5, 0.6) is 0 Å². The lowest BCUT2D eigenvalue weighted by molar-refractivity contribution is -0.138. The number of aromatic carboxylic acids is 1. The van der Waals surface area contributed by atoms with Crippen molar-refractivity contribution in [3.05, 3.63) is 58.9 Å². The first-order chi connectivity index (χ1) is 9.70. The molecule has 110 valence electrons. The monoisotopic (exact) mass is 298 g/mol. The van der Waals surface area contributed by atoms with E-state index in [1.54, 1.807) is 6.92 Å². The number of benzene rings is 2. The van der Waals surface area contributed by atoms with E-state index in [-0.39, 0.29) is 11.1 Å². The van der Waals surface area contributed by atoms with Crippen molar-refractivity contribution in [2.24, 2.45) is 0 Å². The minimum atomic E-state index is -4.80. The third kappa shape index (κ3) is 3.04. The van der Waals surface area contributed by atoms with E-state index in [1.807, 2.05) is 0 Å². The second-order valence-corrected chi connectivity index (χ2v) is 4.52. The highest BCUT2D eigenvalue weighted by Crippen LogP contribution is 2.35. The van der Waals surface area contributed by atoms with Gasteiger partial charge in [0.05, 0.1) is 11.1 Å². The van der Waals surface area contributed by atoms with Crippen LogP contribution in [-0.2, 0) is 6.18 Å². The first-order valence-corrected chi connectivity index (χ1v) is 5.91. The lowest BCUT2D eigenvalue weighted by Crippen LogP contribution is -2.13. The lowest BCUT2D eigenvalue weighted by Gasteiger charge is -2.13. The normalized spacial score (nSPS) is 11.5. The average molecular weight is 298 g/mol. The third-order valence-electron chi connectivity index (χ3n) is 3.07. The Bertz CT molecular complexity index is 705. The zero-order valence-corrected chi connectivity index (χ0v) is 10.8. The van der Waals surface area contributed by atoms with Gasteiger partial charge in [-0.2, -0.15) is 13.2 Å². The predicted molar refractivity (Wildman–Crippen MR) is 68.5 cm³/mol. The predicted octanol–water partition coefficient (Wildman–Crippen LogP) is 4.52. The van der Waals surface area contributed by atoms with Crippen molar-refractivity contribution in [2.45, 2.75) is 13.1 Å². The van der Waals surface area contributed by atoms with Crippen LogP contribution in [0.25, 0.3) is 11.1 Å². The summed E-state index contributed by atoms with van der Waals surface area (Å²) < 4.78 is 52.1. The van der Waals surface area contributed by atoms with Crippen molar-refractivity contribution in [2.75, 3.05) is 0 Å². The molecule has 2 nitrogen and oxygen atoms in total. The quantitative estimate of drug-likeness (QED) is 0.828. The largest absolute Gasteiger partial charge is 0.478 e. The molecule has 0 radical (unpaired) electrons. The van der Waals surface area contributed by atoms with Crippen LogP contribution < -0.4 is 0 Å². The highest BCUT2D eigenvalue weighted by molar-refractivity contribution is 5.90. The van der Waals surface area contributed by atoms with Gasteiger partial charge in [-0.15, -0.1) is 0 Å². The van der Waals surface area contributed by atoms with Crippen LogP contribution in [0.4, 0.5) is 17.6 Å². The first-order valence-electron chi connectivity index (χ1n) is 5.91. The number of carboxylic acid groups (broad SMARTS) is 1. The average Bonchev–Trinajstić information content (AvgIpc) is 2.40. The second-order valence-electron chi connectivity index (χ2n) is 4.52. The molecule has 2 aromatic rings. The molecule has 0 saturated carbocycles. The van der Waals surface area contributed by atoms with Crippen LogP contribution >= 0.6 is 0 Å². The molecule has 0 aliphatic carbocycles. The summed E-state index contributed by atoms with van der Waals surface area (Å²) in [6.45, 7) is 1.63. The van der Waals surface area contributed by atoms with E-state index < -0.39 is 29.1 Å². The van der Waals surface area contributed by atoms with Crippen molar-refractivity contribution >= 4 is 5.97 Å². The molecule has 0 heterocycles. The molecule has 0 amide bonds. The second kappa shape index (κ2) is 5.20. The van der Waals surface area contributed by atoms with E-state index in [0.717, 1.165) is 18.2 Å². The Morgan fingerprint density at radius 2 is 1.76 bits per heavy atom. The highest BCUT2D eigenvalue weighted by Gasteiger charge is 2.35. The molecular formula is C15H10F4O2. The number of carboxylic acids is 1. The Hall–Kier alpha value is -2.37. The maximum atomic E-state index is 13.3. The summed E-state index contributed by atoms with van der Waals surface area (Å²) >= 11 is 0. The van der Waals surface area contributed by atoms with Gasteiger partial charge in [-0.3, -0.25) is 0 Å². The van der Waals surface area contributed by atoms with E-state index in [9.17, 15) is 22.4 Å². The number of hydrogen-bond acceptors (Lipinski definition) is 1. The molecular weight excluding hydrogens is 288 g/mol. The molecule has 0 aliphatic heterocycles. The first kappa shape index (κ1) is 15.0. The summed E-state index contributed by atoms with van der Waals surface area (Å²) in [5.74, 6) is -2.24. The molecule has 0 saturated heterocycles. The van der Waals surface area contributed by atoms with Crippen LogP contribution in [0, 0.1) is 12.7 Å². The summed E-state index contributed by atoms with van der Waals surface area (Å²) in [5, 5.41) is 8.83. The van der Waals surface area contributed by atoms with Gasteiger partial charge >= 0.3 is 12.1 Å². The topological polar surface area (TPSA) is 37.3 Å². The minimum Gasteiger partial charge on any atom is -0.478 e. The zero-order chi connectivity index (χ0) is 15.8. The molecule has 0 aromatic heterocycles. The van der Waals surface area contributed by atoms with E-state index in [1.165, 1.54) is 18.2 Å². The van der Waals surface area contributed by atoms with Crippen molar-refractivity contribution in [3.63, 3.8) is 0 Å². The van der Waals surface area contributed by atoms with E-state index in [4.69, 9.17) is 5.11 Å². The van der Waals surface area contributed by atoms with Gasteiger partial charge < -0.3 is 5.11 Å². The van der Waals surface area contributed by atoms with Gasteiger partial charge in [-0.1, -0.05) is 12.1 Å². The van der Waals surface area contributed by atoms with E-state index in [2.05, 4.69) is 0 Å². The molecule has 21 heavy (non-hydrogen) atoms. The molecule has 0 fully saturated rings. The molecule has 1 N–H and O–H groups in total. The Kier molecular flexibility index (Phi) is 3.72. The molecule has 2 rings (SSSR count). The maximum Gasteiger partial charge on any atom is 0.417 e. The van der Waals surface area contributed by atoms with Gasteiger partial charge in [-0.05, 0) is 47.9 Å². The Morgan fingerprint density at radius 3 is 2.33 bits per heavy atom. The van der Waals surface area contributed by atoms with Gasteiger partial charge in [-0.25, -0.2) is 9.18 Å². The third-order valence-corrected chi connectivity index (χ3v) is 3.07. The van der Waals surface area contributed by atoms with Crippen LogP contribution in [0.15, 0.2) is 36.4 Å². The van der Waals surface area contributed by atoms with Gasteiger partial charge in [0.25, 0.3) is 0 Å². The molecule has 6 heteroatoms. The van der Waals surface area contributed by atoms with Gasteiger partial charge in [0.15, 0.2) is 0 Å². The van der Waals surface area contributed by atoms with E-state index in [0.29, 0.717) is 5.56 Å². The summed E-state index contributed by atoms with van der Waals surface area (Å²) in [6, 6.07) is 6.61. The fraction of sp³-hybridized carbons (Fsp3) is 0.133. The molecule has 0 atom stereocenters. The number of aryl methyl sites for hydroxylation is 1. The SMILES string of the molecule is Cc1ccc(F)cc1-c1ccc(C(=O)O)c(C(F)(F)F)c1. The molecule has 2 aromatic carbocycles. The van der Waals surface area contributed by atoms with Crippen molar-refractivity contribution in [3.8, 4) is 11.1 Å². The van der Waals surface area contributed by atoms with Gasteiger partial charge in [0.2, 0.25) is 0 Å². The minimum absolute atomic E-state index is 0.115. The number of rotatable bonds is 2. The molecule has 0 bridgehead atoms. The van der Waals surface area contributed by atoms with Crippen molar-refractivity contribution in [1.29, 1.82) is 0 Å². The maximum absolute atomic E-state index is 13.3. The summed E-state index contributed by atoms with van der Waals surface area (Å²) in [7, 11) is 0. The fourth-order valence-electron chi connectivity index (χ4n) is 2.04. The molecule has 0 unspecified atom stereocenters. The molecule has 0 spiro atoms. The lowest BCUT2D eigenvalue weighted by atomic mass is 9.96. The summed E-state index contributed by atoms with van der Waals surface area (Å²) in [5.41, 5.74) is -1.09. The Balaban J connectivity index is 2.67. The van der Waals surface area contributed by atoms with Crippen LogP contribution in [-0.4, -0.2) is 11.1 Å². The number of alkyl halides is 3. The van der Waals surface area contributed by atoms with Gasteiger partial charge in [0, 0.05) is 0 Å². The van der Waals surface area contributed by atoms with Crippen molar-refractivity contribution < 1.29 is 27.5 Å². The van der Waals surface area contributed by atoms with Crippen LogP contribution in [0.1, 0.15) is 21.5 Å². The van der Waals surface area contributed by atoms with E-state index >= 15 is 0 Å². The van der Waals surface area contributed by atoms with Crippen LogP contribution in [0.3, 0.4) is 0 Å².